The van der Waals surface area contributed by atoms with Crippen LogP contribution in [-0.2, 0) is 4.79 Å². The molecule has 2 heteroatoms. The Morgan fingerprint density at radius 3 is 2.42 bits per heavy atom. The van der Waals surface area contributed by atoms with Gasteiger partial charge in [0.05, 0.1) is 0 Å². The van der Waals surface area contributed by atoms with Gasteiger partial charge in [0.1, 0.15) is 0 Å². The average molecular weight is 165 g/mol. The third kappa shape index (κ3) is 0.301. The molecule has 12 heavy (non-hydrogen) atoms. The largest absolute Gasteiger partial charge is 0.550 e. The highest BCUT2D eigenvalue weighted by Gasteiger charge is 2.89. The van der Waals surface area contributed by atoms with Gasteiger partial charge in [-0.3, -0.25) is 0 Å². The van der Waals surface area contributed by atoms with E-state index in [9.17, 15) is 9.90 Å². The fourth-order valence-electron chi connectivity index (χ4n) is 4.67. The Hall–Kier alpha value is -0.530. The predicted molar refractivity (Wildman–Crippen MR) is 41.0 cm³/mol. The first-order chi connectivity index (χ1) is 5.49. The van der Waals surface area contributed by atoms with E-state index in [1.54, 1.807) is 0 Å². The number of carbonyl (C=O) groups is 1. The van der Waals surface area contributed by atoms with Gasteiger partial charge in [0, 0.05) is 11.4 Å². The average Bonchev–Trinajstić information content (AvgIpc) is 2.33. The summed E-state index contributed by atoms with van der Waals surface area (Å²) in [6.07, 6.45) is 3.09. The third-order valence-electron chi connectivity index (χ3n) is 5.55. The Balaban J connectivity index is 2.12. The second kappa shape index (κ2) is 1.34. The number of hydrogen-bond acceptors (Lipinski definition) is 2. The van der Waals surface area contributed by atoms with Gasteiger partial charge in [-0.1, -0.05) is 13.8 Å². The first-order valence-electron chi connectivity index (χ1n) is 4.70. The molecule has 2 nitrogen and oxygen atoms in total. The summed E-state index contributed by atoms with van der Waals surface area (Å²) in [7, 11) is 0. The lowest BCUT2D eigenvalue weighted by atomic mass is 9.22. The zero-order chi connectivity index (χ0) is 8.78. The van der Waals surface area contributed by atoms with Crippen LogP contribution in [0.5, 0.6) is 0 Å². The van der Waals surface area contributed by atoms with E-state index < -0.39 is 11.4 Å². The van der Waals surface area contributed by atoms with Gasteiger partial charge in [-0.05, 0) is 36.0 Å². The summed E-state index contributed by atoms with van der Waals surface area (Å²) in [4.78, 5) is 11.0. The molecular formula is C10H13O2-. The van der Waals surface area contributed by atoms with Crippen LogP contribution in [0.3, 0.4) is 0 Å². The van der Waals surface area contributed by atoms with Gasteiger partial charge in [0.2, 0.25) is 0 Å². The molecule has 4 unspecified atom stereocenters. The van der Waals surface area contributed by atoms with Gasteiger partial charge in [-0.25, -0.2) is 0 Å². The van der Waals surface area contributed by atoms with Crippen molar-refractivity contribution in [3.05, 3.63) is 0 Å². The Morgan fingerprint density at radius 1 is 1.50 bits per heavy atom. The molecule has 0 amide bonds. The molecule has 66 valence electrons. The van der Waals surface area contributed by atoms with Crippen LogP contribution in [0.25, 0.3) is 0 Å². The topological polar surface area (TPSA) is 40.1 Å². The van der Waals surface area contributed by atoms with Crippen molar-refractivity contribution < 1.29 is 9.90 Å². The molecule has 0 saturated heterocycles. The van der Waals surface area contributed by atoms with Crippen molar-refractivity contribution in [2.75, 3.05) is 0 Å². The Bertz CT molecular complexity index is 298. The Labute approximate surface area is 72.0 Å². The second-order valence-corrected chi connectivity index (χ2v) is 5.28. The molecule has 0 aromatic heterocycles. The van der Waals surface area contributed by atoms with Crippen LogP contribution in [-0.4, -0.2) is 5.97 Å². The van der Waals surface area contributed by atoms with Crippen molar-refractivity contribution in [1.29, 1.82) is 0 Å². The molecule has 0 radical (unpaired) electrons. The summed E-state index contributed by atoms with van der Waals surface area (Å²) < 4.78 is 0. The molecule has 5 aliphatic rings. The van der Waals surface area contributed by atoms with Crippen LogP contribution in [0.2, 0.25) is 0 Å². The van der Waals surface area contributed by atoms with Crippen LogP contribution < -0.4 is 5.11 Å². The molecule has 0 spiro atoms. The summed E-state index contributed by atoms with van der Waals surface area (Å²) in [6, 6.07) is 0. The van der Waals surface area contributed by atoms with E-state index in [1.807, 2.05) is 0 Å². The van der Waals surface area contributed by atoms with Gasteiger partial charge in [0.15, 0.2) is 0 Å². The van der Waals surface area contributed by atoms with Crippen LogP contribution in [0.15, 0.2) is 0 Å². The molecule has 0 aromatic carbocycles. The van der Waals surface area contributed by atoms with Crippen molar-refractivity contribution in [1.82, 2.24) is 0 Å². The van der Waals surface area contributed by atoms with E-state index in [-0.39, 0.29) is 5.41 Å². The summed E-state index contributed by atoms with van der Waals surface area (Å²) >= 11 is 0. The lowest BCUT2D eigenvalue weighted by molar-refractivity contribution is -0.401. The molecule has 4 bridgehead atoms. The van der Waals surface area contributed by atoms with Crippen molar-refractivity contribution in [3.63, 3.8) is 0 Å². The minimum absolute atomic E-state index is 0.0868. The summed E-state index contributed by atoms with van der Waals surface area (Å²) in [5.41, 5.74) is 0.0400. The maximum absolute atomic E-state index is 11.0. The van der Waals surface area contributed by atoms with E-state index in [0.29, 0.717) is 11.3 Å². The van der Waals surface area contributed by atoms with Gasteiger partial charge in [0.25, 0.3) is 0 Å². The molecular weight excluding hydrogens is 152 g/mol. The van der Waals surface area contributed by atoms with E-state index >= 15 is 0 Å². The van der Waals surface area contributed by atoms with E-state index in [1.165, 1.54) is 0 Å². The van der Waals surface area contributed by atoms with E-state index in [0.717, 1.165) is 19.3 Å². The summed E-state index contributed by atoms with van der Waals surface area (Å²) in [5.74, 6) is -0.337. The molecule has 0 heterocycles. The minimum atomic E-state index is -0.781. The lowest BCUT2D eigenvalue weighted by Crippen LogP contribution is -2.82. The molecule has 0 N–H and O–H groups in total. The van der Waals surface area contributed by atoms with Crippen molar-refractivity contribution in [2.24, 2.45) is 22.2 Å². The van der Waals surface area contributed by atoms with Crippen molar-refractivity contribution >= 4 is 5.97 Å². The maximum Gasteiger partial charge on any atom is 0.0485 e. The van der Waals surface area contributed by atoms with Crippen LogP contribution >= 0.6 is 0 Å². The van der Waals surface area contributed by atoms with Crippen molar-refractivity contribution in [2.45, 2.75) is 33.1 Å². The Morgan fingerprint density at radius 2 is 2.17 bits per heavy atom. The Kier molecular flexibility index (Phi) is 0.774. The van der Waals surface area contributed by atoms with Gasteiger partial charge < -0.3 is 9.90 Å². The standard InChI is InChI=1S/C10H14O2/c1-8-5-10(7(11)12)6(8)3-4-9(8,10)2/h6H,3-5H2,1-2H3,(H,11,12)/p-1. The monoisotopic (exact) mass is 165 g/mol. The van der Waals surface area contributed by atoms with E-state index in [4.69, 9.17) is 0 Å². The van der Waals surface area contributed by atoms with Crippen LogP contribution in [0.1, 0.15) is 33.1 Å². The molecule has 5 saturated carbocycles. The molecule has 0 aromatic rings. The first kappa shape index (κ1) is 6.93. The fraction of sp³-hybridized carbons (Fsp3) is 0.900. The smallest absolute Gasteiger partial charge is 0.0485 e. The number of carbonyl (C=O) groups excluding carboxylic acids is 1. The van der Waals surface area contributed by atoms with Gasteiger partial charge in [-0.2, -0.15) is 0 Å². The van der Waals surface area contributed by atoms with Crippen LogP contribution in [0, 0.1) is 22.2 Å². The lowest BCUT2D eigenvalue weighted by Gasteiger charge is -2.83. The maximum atomic E-state index is 11.0. The van der Waals surface area contributed by atoms with Gasteiger partial charge >= 0.3 is 0 Å². The minimum Gasteiger partial charge on any atom is -0.550 e. The SMILES string of the molecule is CC12CC3(C(=O)[O-])C1CCC23C. The predicted octanol–water partition coefficient (Wildman–Crippen LogP) is 0.563. The number of fused-ring (bicyclic) bond motifs is 1. The highest BCUT2D eigenvalue weighted by atomic mass is 16.4. The molecule has 5 aliphatic carbocycles. The summed E-state index contributed by atoms with van der Waals surface area (Å²) in [6.45, 7) is 4.38. The highest BCUT2D eigenvalue weighted by molar-refractivity contribution is 5.81. The van der Waals surface area contributed by atoms with Gasteiger partial charge in [-0.15, -0.1) is 0 Å². The normalized spacial score (nSPS) is 65.3. The highest BCUT2D eigenvalue weighted by Crippen LogP contribution is 2.93. The number of aliphatic carboxylic acids is 1. The number of carboxylic acids is 1. The first-order valence-corrected chi connectivity index (χ1v) is 4.70. The molecule has 0 aliphatic heterocycles. The van der Waals surface area contributed by atoms with Crippen molar-refractivity contribution in [3.8, 4) is 0 Å². The number of hydrogen-bond donors (Lipinski definition) is 0. The van der Waals surface area contributed by atoms with E-state index in [2.05, 4.69) is 13.8 Å². The van der Waals surface area contributed by atoms with Crippen LogP contribution in [0.4, 0.5) is 0 Å². The zero-order valence-corrected chi connectivity index (χ0v) is 7.52. The second-order valence-electron chi connectivity index (χ2n) is 5.28. The number of carboxylic acid groups (broad SMARTS) is 1. The summed E-state index contributed by atoms with van der Waals surface area (Å²) in [5, 5.41) is 11.0. The molecule has 5 fully saturated rings. The molecule has 4 atom stereocenters. The zero-order valence-electron chi connectivity index (χ0n) is 7.52. The quantitative estimate of drug-likeness (QED) is 0.569. The number of rotatable bonds is 1. The molecule has 5 rings (SSSR count). The fourth-order valence-corrected chi connectivity index (χ4v) is 4.67. The third-order valence-corrected chi connectivity index (χ3v) is 5.55.